The largest absolute Gasteiger partial charge is 0.498 e. The monoisotopic (exact) mass is 355 g/mol. The number of nitrogens with zero attached hydrogens (tertiary/aromatic N) is 1. The van der Waals surface area contributed by atoms with E-state index in [4.69, 9.17) is 14.2 Å². The van der Waals surface area contributed by atoms with Gasteiger partial charge in [-0.3, -0.25) is 4.48 Å². The lowest BCUT2D eigenvalue weighted by Gasteiger charge is -2.37. The first kappa shape index (κ1) is 22.1. The molecule has 0 aliphatic heterocycles. The molecule has 9 heteroatoms. The minimum absolute atomic E-state index is 0.181. The van der Waals surface area contributed by atoms with Crippen LogP contribution >= 0.6 is 0 Å². The van der Waals surface area contributed by atoms with E-state index in [1.54, 1.807) is 0 Å². The number of amides is 1. The minimum atomic E-state index is -1.50. The van der Waals surface area contributed by atoms with E-state index in [-0.39, 0.29) is 39.5 Å². The number of esters is 3. The van der Waals surface area contributed by atoms with Gasteiger partial charge in [-0.1, -0.05) is 19.7 Å². The zero-order valence-corrected chi connectivity index (χ0v) is 13.8. The molecule has 138 valence electrons. The maximum atomic E-state index is 11.6. The van der Waals surface area contributed by atoms with Crippen LogP contribution in [0.2, 0.25) is 0 Å². The number of carbonyl (C=O) groups excluding carboxylic acids is 4. The molecule has 0 aromatic heterocycles. The smallest absolute Gasteiger partial charge is 0.330 e. The number of carboxylic acid groups (broad SMARTS) is 1. The van der Waals surface area contributed by atoms with Crippen LogP contribution in [0.1, 0.15) is 0 Å². The average Bonchev–Trinajstić information content (AvgIpc) is 2.60. The van der Waals surface area contributed by atoms with E-state index in [1.165, 1.54) is 0 Å². The van der Waals surface area contributed by atoms with Crippen LogP contribution in [0.5, 0.6) is 0 Å². The molecule has 0 bridgehead atoms. The van der Waals surface area contributed by atoms with Gasteiger partial charge in [-0.15, -0.1) is 0 Å². The molecule has 0 aliphatic carbocycles. The third-order valence-electron chi connectivity index (χ3n) is 3.18. The van der Waals surface area contributed by atoms with Crippen molar-refractivity contribution in [1.29, 1.82) is 0 Å². The molecule has 0 aromatic carbocycles. The number of ether oxygens (including phenoxy) is 3. The summed E-state index contributed by atoms with van der Waals surface area (Å²) < 4.78 is 13.6. The summed E-state index contributed by atoms with van der Waals surface area (Å²) in [6, 6.07) is 0. The number of carbonyl (C=O) groups is 4. The highest BCUT2D eigenvalue weighted by atomic mass is 16.5. The van der Waals surface area contributed by atoms with Crippen molar-refractivity contribution in [2.24, 2.45) is 0 Å². The Kier molecular flexibility index (Phi) is 10.2. The van der Waals surface area contributed by atoms with Gasteiger partial charge in [0.25, 0.3) is 6.09 Å². The molecule has 0 rings (SSSR count). The van der Waals surface area contributed by atoms with Crippen LogP contribution in [0.3, 0.4) is 0 Å². The van der Waals surface area contributed by atoms with E-state index in [9.17, 15) is 24.3 Å². The molecule has 0 fully saturated rings. The molecule has 0 unspecified atom stereocenters. The Hall–Kier alpha value is -2.94. The maximum absolute atomic E-state index is 11.6. The summed E-state index contributed by atoms with van der Waals surface area (Å²) in [4.78, 5) is 44.9. The molecule has 0 saturated heterocycles. The lowest BCUT2D eigenvalue weighted by atomic mass is 10.3. The third kappa shape index (κ3) is 8.47. The molecule has 0 aromatic rings. The fraction of sp³-hybridized carbons (Fsp3) is 0.375. The lowest BCUT2D eigenvalue weighted by Crippen LogP contribution is -2.62. The van der Waals surface area contributed by atoms with E-state index in [1.807, 2.05) is 0 Å². The topological polar surface area (TPSA) is 119 Å². The first-order chi connectivity index (χ1) is 11.8. The Balaban J connectivity index is 4.98. The van der Waals surface area contributed by atoms with Crippen LogP contribution < -0.4 is 5.11 Å². The van der Waals surface area contributed by atoms with Crippen molar-refractivity contribution in [3.05, 3.63) is 38.0 Å². The number of hydrogen-bond acceptors (Lipinski definition) is 8. The summed E-state index contributed by atoms with van der Waals surface area (Å²) in [6.45, 7) is 8.39. The quantitative estimate of drug-likeness (QED) is 0.196. The van der Waals surface area contributed by atoms with E-state index in [0.717, 1.165) is 18.2 Å². The van der Waals surface area contributed by atoms with Gasteiger partial charge in [0.15, 0.2) is 0 Å². The van der Waals surface area contributed by atoms with Gasteiger partial charge < -0.3 is 24.1 Å². The Bertz CT molecular complexity index is 476. The van der Waals surface area contributed by atoms with E-state index in [0.29, 0.717) is 0 Å². The summed E-state index contributed by atoms with van der Waals surface area (Å²) >= 11 is 0. The van der Waals surface area contributed by atoms with Crippen molar-refractivity contribution in [2.75, 3.05) is 39.5 Å². The van der Waals surface area contributed by atoms with Gasteiger partial charge in [0.05, 0.1) is 0 Å². The summed E-state index contributed by atoms with van der Waals surface area (Å²) in [5.74, 6) is -2.15. The van der Waals surface area contributed by atoms with Gasteiger partial charge >= 0.3 is 17.9 Å². The second-order valence-electron chi connectivity index (χ2n) is 4.70. The first-order valence-electron chi connectivity index (χ1n) is 7.26. The number of quaternary nitrogens is 1. The van der Waals surface area contributed by atoms with Gasteiger partial charge in [0, 0.05) is 18.2 Å². The second-order valence-corrected chi connectivity index (χ2v) is 4.70. The fourth-order valence-corrected chi connectivity index (χ4v) is 1.75. The van der Waals surface area contributed by atoms with Crippen molar-refractivity contribution in [3.63, 3.8) is 0 Å². The molecule has 9 nitrogen and oxygen atoms in total. The van der Waals surface area contributed by atoms with E-state index >= 15 is 0 Å². The molecule has 25 heavy (non-hydrogen) atoms. The number of rotatable bonds is 12. The van der Waals surface area contributed by atoms with Gasteiger partial charge in [0.1, 0.15) is 39.5 Å². The highest BCUT2D eigenvalue weighted by Crippen LogP contribution is 2.08. The predicted octanol–water partition coefficient (Wildman–Crippen LogP) is -0.666. The Morgan fingerprint density at radius 2 is 1.00 bits per heavy atom. The Labute approximate surface area is 145 Å². The van der Waals surface area contributed by atoms with Crippen molar-refractivity contribution in [2.45, 2.75) is 0 Å². The van der Waals surface area contributed by atoms with Gasteiger partial charge in [0.2, 0.25) is 0 Å². The van der Waals surface area contributed by atoms with Crippen LogP contribution in [0.25, 0.3) is 0 Å². The van der Waals surface area contributed by atoms with Crippen molar-refractivity contribution in [1.82, 2.24) is 0 Å². The van der Waals surface area contributed by atoms with E-state index < -0.39 is 28.5 Å². The Morgan fingerprint density at radius 3 is 1.20 bits per heavy atom. The molecule has 0 radical (unpaired) electrons. The lowest BCUT2D eigenvalue weighted by molar-refractivity contribution is -0.877. The second kappa shape index (κ2) is 11.6. The zero-order chi connectivity index (χ0) is 19.3. The normalized spacial score (nSPS) is 10.2. The molecule has 0 heterocycles. The van der Waals surface area contributed by atoms with Gasteiger partial charge in [-0.25, -0.2) is 14.4 Å². The van der Waals surface area contributed by atoms with Crippen LogP contribution in [0, 0.1) is 0 Å². The van der Waals surface area contributed by atoms with Crippen LogP contribution in [0.15, 0.2) is 38.0 Å². The molecule has 1 amide bonds. The highest BCUT2D eigenvalue weighted by Gasteiger charge is 2.31. The summed E-state index contributed by atoms with van der Waals surface area (Å²) in [5, 5.41) is 11.6. The van der Waals surface area contributed by atoms with Crippen LogP contribution in [-0.2, 0) is 28.6 Å². The average molecular weight is 355 g/mol. The minimum Gasteiger partial charge on any atom is -0.498 e. The third-order valence-corrected chi connectivity index (χ3v) is 3.18. The van der Waals surface area contributed by atoms with Crippen LogP contribution in [-0.4, -0.2) is 67.9 Å². The molecule has 0 saturated carbocycles. The molecule has 0 spiro atoms. The van der Waals surface area contributed by atoms with Gasteiger partial charge in [-0.05, 0) is 0 Å². The molecule has 0 N–H and O–H groups in total. The SMILES string of the molecule is C=CC(=O)OCC[N+](CCOC(=O)C=C)(CCOC(=O)C=C)C(=O)[O-]. The summed E-state index contributed by atoms with van der Waals surface area (Å²) in [7, 11) is 0. The summed E-state index contributed by atoms with van der Waals surface area (Å²) in [6.07, 6.45) is 1.31. The fourth-order valence-electron chi connectivity index (χ4n) is 1.75. The predicted molar refractivity (Wildman–Crippen MR) is 83.7 cm³/mol. The number of hydrogen-bond donors (Lipinski definition) is 0. The van der Waals surface area contributed by atoms with Crippen LogP contribution in [0.4, 0.5) is 4.79 Å². The standard InChI is InChI=1S/C16H21NO8/c1-4-13(18)23-10-7-17(16(21)22,8-11-24-14(19)5-2)9-12-25-15(20)6-3/h4-6H,1-3,7-12H2. The van der Waals surface area contributed by atoms with E-state index in [2.05, 4.69) is 19.7 Å². The highest BCUT2D eigenvalue weighted by molar-refractivity contribution is 5.81. The summed E-state index contributed by atoms with van der Waals surface area (Å²) in [5.41, 5.74) is 0. The molecule has 0 aliphatic rings. The van der Waals surface area contributed by atoms with Crippen molar-refractivity contribution in [3.8, 4) is 0 Å². The Morgan fingerprint density at radius 1 is 0.720 bits per heavy atom. The molecule has 0 atom stereocenters. The maximum Gasteiger partial charge on any atom is 0.330 e. The first-order valence-corrected chi connectivity index (χ1v) is 7.26. The molecular weight excluding hydrogens is 334 g/mol. The zero-order valence-electron chi connectivity index (χ0n) is 13.8. The van der Waals surface area contributed by atoms with Crippen molar-refractivity contribution >= 4 is 24.0 Å². The van der Waals surface area contributed by atoms with Gasteiger partial charge in [-0.2, -0.15) is 0 Å². The van der Waals surface area contributed by atoms with Crippen molar-refractivity contribution < 1.29 is 43.0 Å². The molecular formula is C16H21NO8.